The summed E-state index contributed by atoms with van der Waals surface area (Å²) in [6.45, 7) is 2.37. The van der Waals surface area contributed by atoms with Gasteiger partial charge in [-0.2, -0.15) is 0 Å². The summed E-state index contributed by atoms with van der Waals surface area (Å²) in [5, 5.41) is 0. The summed E-state index contributed by atoms with van der Waals surface area (Å²) in [6.07, 6.45) is 0. The van der Waals surface area contributed by atoms with E-state index in [1.165, 1.54) is 10.2 Å². The van der Waals surface area contributed by atoms with Gasteiger partial charge in [0.05, 0.1) is 0 Å². The molecule has 0 heterocycles. The van der Waals surface area contributed by atoms with Crippen LogP contribution in [0.2, 0.25) is 18.6 Å². The Bertz CT molecular complexity index is 12.4. The molecule has 32 valence electrons. The summed E-state index contributed by atoms with van der Waals surface area (Å²) in [4.78, 5) is 0. The van der Waals surface area contributed by atoms with Crippen molar-refractivity contribution in [1.29, 1.82) is 0 Å². The first kappa shape index (κ1) is 5.43. The normalized spacial score (nSPS) is 11.4. The molecule has 0 aromatic rings. The van der Waals surface area contributed by atoms with Gasteiger partial charge in [-0.1, -0.05) is 18.6 Å². The van der Waals surface area contributed by atoms with Gasteiger partial charge in [0.2, 0.25) is 0 Å². The van der Waals surface area contributed by atoms with Gasteiger partial charge in [-0.15, -0.1) is 0 Å². The molecular weight excluding hydrogens is 92.2 g/mol. The zero-order valence-corrected chi connectivity index (χ0v) is 7.54. The third-order valence-corrected chi connectivity index (χ3v) is 4.24. The number of hydrogen-bond acceptors (Lipinski definition) is 0. The van der Waals surface area contributed by atoms with Gasteiger partial charge in [0, 0.05) is 19.8 Å². The Morgan fingerprint density at radius 2 is 2.40 bits per heavy atom. The van der Waals surface area contributed by atoms with Crippen molar-refractivity contribution < 1.29 is 0 Å². The third kappa shape index (κ3) is 4.43. The van der Waals surface area contributed by atoms with Crippen LogP contribution >= 0.6 is 0 Å². The Labute approximate surface area is 39.2 Å². The van der Waals surface area contributed by atoms with Crippen molar-refractivity contribution >= 4 is 19.8 Å². The fourth-order valence-electron chi connectivity index (χ4n) is 0.354. The molecule has 0 atom stereocenters. The second-order valence-electron chi connectivity index (χ2n) is 1.35. The Hall–Kier alpha value is 0.434. The number of hydrogen-bond donors (Lipinski definition) is 0. The van der Waals surface area contributed by atoms with E-state index in [0.29, 0.717) is 9.52 Å². The standard InChI is InChI=1S/C3H12Si2/c1-5-3-2-4/h2-3,5H2,1,4H3. The molecule has 0 nitrogen and oxygen atoms in total. The quantitative estimate of drug-likeness (QED) is 0.411. The van der Waals surface area contributed by atoms with Crippen molar-refractivity contribution in [3.8, 4) is 0 Å². The first-order chi connectivity index (χ1) is 2.41. The van der Waals surface area contributed by atoms with Crippen molar-refractivity contribution in [2.24, 2.45) is 0 Å². The lowest BCUT2D eigenvalue weighted by atomic mass is 11.0. The maximum Gasteiger partial charge on any atom is 0.0163 e. The molecule has 0 aliphatic rings. The molecular formula is C3H12Si2. The minimum absolute atomic E-state index is 0.449. The van der Waals surface area contributed by atoms with E-state index in [0.717, 1.165) is 0 Å². The summed E-state index contributed by atoms with van der Waals surface area (Å²) in [7, 11) is 1.88. The van der Waals surface area contributed by atoms with Crippen LogP contribution in [0.4, 0.5) is 0 Å². The van der Waals surface area contributed by atoms with Crippen LogP contribution in [0.1, 0.15) is 0 Å². The van der Waals surface area contributed by atoms with Gasteiger partial charge < -0.3 is 0 Å². The minimum Gasteiger partial charge on any atom is -0.0748 e. The molecule has 0 aromatic carbocycles. The maximum absolute atomic E-state index is 2.37. The van der Waals surface area contributed by atoms with Crippen molar-refractivity contribution in [3.05, 3.63) is 0 Å². The van der Waals surface area contributed by atoms with Crippen LogP contribution in [-0.2, 0) is 0 Å². The van der Waals surface area contributed by atoms with Gasteiger partial charge in [0.15, 0.2) is 0 Å². The molecule has 0 aromatic heterocycles. The number of rotatable bonds is 2. The maximum atomic E-state index is 2.37. The van der Waals surface area contributed by atoms with Crippen molar-refractivity contribution in [2.75, 3.05) is 0 Å². The SMILES string of the molecule is C[SiH2]CC[SiH3]. The van der Waals surface area contributed by atoms with Gasteiger partial charge in [0.1, 0.15) is 0 Å². The van der Waals surface area contributed by atoms with E-state index in [2.05, 4.69) is 6.55 Å². The fraction of sp³-hybridized carbons (Fsp3) is 1.00. The largest absolute Gasteiger partial charge is 0.0748 e. The second kappa shape index (κ2) is 4.43. The monoisotopic (exact) mass is 104 g/mol. The lowest BCUT2D eigenvalue weighted by Gasteiger charge is -1.77. The molecule has 0 saturated carbocycles. The second-order valence-corrected chi connectivity index (χ2v) is 4.06. The zero-order valence-electron chi connectivity index (χ0n) is 4.12. The van der Waals surface area contributed by atoms with E-state index in [9.17, 15) is 0 Å². The highest BCUT2D eigenvalue weighted by atomic mass is 28.2. The molecule has 0 aliphatic heterocycles. The Balaban J connectivity index is 2.19. The first-order valence-corrected chi connectivity index (χ1v) is 6.24. The lowest BCUT2D eigenvalue weighted by Crippen LogP contribution is -1.75. The van der Waals surface area contributed by atoms with E-state index in [-0.39, 0.29) is 0 Å². The van der Waals surface area contributed by atoms with E-state index in [1.54, 1.807) is 12.1 Å². The van der Waals surface area contributed by atoms with Crippen LogP contribution in [0.5, 0.6) is 0 Å². The van der Waals surface area contributed by atoms with Gasteiger partial charge in [-0.25, -0.2) is 0 Å². The molecule has 0 aliphatic carbocycles. The minimum atomic E-state index is 0.449. The highest BCUT2D eigenvalue weighted by Gasteiger charge is 1.69. The van der Waals surface area contributed by atoms with E-state index in [4.69, 9.17) is 0 Å². The Kier molecular flexibility index (Phi) is 4.82. The van der Waals surface area contributed by atoms with Crippen LogP contribution in [0.25, 0.3) is 0 Å². The molecule has 0 bridgehead atoms. The topological polar surface area (TPSA) is 0 Å². The highest BCUT2D eigenvalue weighted by molar-refractivity contribution is 6.35. The zero-order chi connectivity index (χ0) is 4.12. The summed E-state index contributed by atoms with van der Waals surface area (Å²) < 4.78 is 0. The molecule has 2 heteroatoms. The molecule has 5 heavy (non-hydrogen) atoms. The molecule has 0 radical (unpaired) electrons. The summed E-state index contributed by atoms with van der Waals surface area (Å²) in [5.74, 6) is 0. The smallest absolute Gasteiger partial charge is 0.0163 e. The van der Waals surface area contributed by atoms with Gasteiger partial charge >= 0.3 is 0 Å². The molecule has 0 saturated heterocycles. The first-order valence-electron chi connectivity index (χ1n) is 2.41. The summed E-state index contributed by atoms with van der Waals surface area (Å²) in [5.41, 5.74) is 0. The highest BCUT2D eigenvalue weighted by Crippen LogP contribution is 1.78. The molecule has 0 fully saturated rings. The fourth-order valence-corrected chi connectivity index (χ4v) is 3.18. The predicted molar refractivity (Wildman–Crippen MR) is 34.0 cm³/mol. The van der Waals surface area contributed by atoms with Crippen molar-refractivity contribution in [3.63, 3.8) is 0 Å². The van der Waals surface area contributed by atoms with Crippen LogP contribution in [-0.4, -0.2) is 19.8 Å². The Morgan fingerprint density at radius 1 is 1.80 bits per heavy atom. The molecule has 0 unspecified atom stereocenters. The van der Waals surface area contributed by atoms with Gasteiger partial charge in [-0.3, -0.25) is 0 Å². The van der Waals surface area contributed by atoms with Gasteiger partial charge in [-0.05, 0) is 0 Å². The van der Waals surface area contributed by atoms with Crippen LogP contribution in [0.15, 0.2) is 0 Å². The van der Waals surface area contributed by atoms with E-state index < -0.39 is 0 Å². The van der Waals surface area contributed by atoms with Crippen molar-refractivity contribution in [2.45, 2.75) is 18.6 Å². The average molecular weight is 104 g/mol. The van der Waals surface area contributed by atoms with E-state index in [1.807, 2.05) is 0 Å². The molecule has 0 amide bonds. The van der Waals surface area contributed by atoms with Gasteiger partial charge in [0.25, 0.3) is 0 Å². The summed E-state index contributed by atoms with van der Waals surface area (Å²) in [6, 6.07) is 3.13. The van der Waals surface area contributed by atoms with Crippen LogP contribution < -0.4 is 0 Å². The molecule has 0 spiro atoms. The van der Waals surface area contributed by atoms with Crippen LogP contribution in [0, 0.1) is 0 Å². The molecule has 0 N–H and O–H groups in total. The summed E-state index contributed by atoms with van der Waals surface area (Å²) >= 11 is 0. The Morgan fingerprint density at radius 3 is 2.40 bits per heavy atom. The van der Waals surface area contributed by atoms with Crippen molar-refractivity contribution in [1.82, 2.24) is 0 Å². The lowest BCUT2D eigenvalue weighted by molar-refractivity contribution is 1.44. The third-order valence-electron chi connectivity index (χ3n) is 0.707. The molecule has 0 rings (SSSR count). The van der Waals surface area contributed by atoms with E-state index >= 15 is 0 Å². The predicted octanol–water partition coefficient (Wildman–Crippen LogP) is -0.595. The van der Waals surface area contributed by atoms with Crippen LogP contribution in [0.3, 0.4) is 0 Å². The average Bonchev–Trinajstić information content (AvgIpc) is 1.41.